The highest BCUT2D eigenvalue weighted by molar-refractivity contribution is 5.71. The zero-order valence-corrected chi connectivity index (χ0v) is 39.5. The van der Waals surface area contributed by atoms with Crippen LogP contribution in [0.3, 0.4) is 0 Å². The second-order valence-electron chi connectivity index (χ2n) is 17.4. The highest BCUT2D eigenvalue weighted by Gasteiger charge is 2.19. The van der Waals surface area contributed by atoms with Gasteiger partial charge in [-0.15, -0.1) is 0 Å². The van der Waals surface area contributed by atoms with Crippen molar-refractivity contribution in [3.8, 4) is 0 Å². The third kappa shape index (κ3) is 46.8. The Morgan fingerprint density at radius 3 is 0.966 bits per heavy atom. The molecule has 0 heterocycles. The van der Waals surface area contributed by atoms with E-state index in [2.05, 4.69) is 45.1 Å². The van der Waals surface area contributed by atoms with Crippen molar-refractivity contribution >= 4 is 17.9 Å². The first-order valence-corrected chi connectivity index (χ1v) is 25.8. The highest BCUT2D eigenvalue weighted by atomic mass is 16.6. The fraction of sp³-hybridized carbons (Fsp3) is 0.868. The standard InChI is InChI=1S/C53H98O6/c1-4-7-10-13-16-19-22-24-25-26-27-28-29-30-32-34-37-40-43-46-52(55)58-49-50(48-57-51(54)45-42-39-36-33-21-18-15-12-9-6-3)59-53(56)47-44-41-38-35-31-23-20-17-14-11-8-5-2/h16,19,24-25,50H,4-15,17-18,20-23,26-49H2,1-3H3/b19-16-,25-24-. The van der Waals surface area contributed by atoms with Crippen molar-refractivity contribution in [2.24, 2.45) is 0 Å². The van der Waals surface area contributed by atoms with Gasteiger partial charge in [-0.05, 0) is 51.4 Å². The Morgan fingerprint density at radius 2 is 0.610 bits per heavy atom. The summed E-state index contributed by atoms with van der Waals surface area (Å²) in [6, 6.07) is 0. The maximum Gasteiger partial charge on any atom is 0.306 e. The van der Waals surface area contributed by atoms with Crippen LogP contribution in [0.5, 0.6) is 0 Å². The summed E-state index contributed by atoms with van der Waals surface area (Å²) in [7, 11) is 0. The van der Waals surface area contributed by atoms with Crippen LogP contribution in [0.4, 0.5) is 0 Å². The lowest BCUT2D eigenvalue weighted by atomic mass is 10.0. The fourth-order valence-electron chi connectivity index (χ4n) is 7.53. The van der Waals surface area contributed by atoms with Gasteiger partial charge in [0.25, 0.3) is 0 Å². The Bertz CT molecular complexity index is 958. The molecule has 0 aromatic rings. The lowest BCUT2D eigenvalue weighted by Gasteiger charge is -2.18. The average molecular weight is 831 g/mol. The number of hydrogen-bond donors (Lipinski definition) is 0. The molecule has 59 heavy (non-hydrogen) atoms. The predicted molar refractivity (Wildman–Crippen MR) is 252 cm³/mol. The first kappa shape index (κ1) is 56.9. The average Bonchev–Trinajstić information content (AvgIpc) is 3.23. The van der Waals surface area contributed by atoms with Gasteiger partial charge in [0.05, 0.1) is 0 Å². The number of carbonyl (C=O) groups is 3. The van der Waals surface area contributed by atoms with Crippen LogP contribution in [0, 0.1) is 0 Å². The van der Waals surface area contributed by atoms with Crippen molar-refractivity contribution in [2.75, 3.05) is 13.2 Å². The third-order valence-corrected chi connectivity index (χ3v) is 11.5. The zero-order valence-electron chi connectivity index (χ0n) is 39.5. The van der Waals surface area contributed by atoms with Crippen LogP contribution in [-0.2, 0) is 28.6 Å². The van der Waals surface area contributed by atoms with E-state index < -0.39 is 6.10 Å². The van der Waals surface area contributed by atoms with Crippen LogP contribution in [0.15, 0.2) is 24.3 Å². The van der Waals surface area contributed by atoms with E-state index in [0.29, 0.717) is 19.3 Å². The molecule has 0 bridgehead atoms. The third-order valence-electron chi connectivity index (χ3n) is 11.5. The maximum absolute atomic E-state index is 12.7. The van der Waals surface area contributed by atoms with Gasteiger partial charge in [0.1, 0.15) is 13.2 Å². The minimum absolute atomic E-state index is 0.0678. The molecule has 0 spiro atoms. The molecule has 0 fully saturated rings. The molecule has 0 aliphatic carbocycles. The Morgan fingerprint density at radius 1 is 0.339 bits per heavy atom. The number of rotatable bonds is 47. The van der Waals surface area contributed by atoms with Crippen molar-refractivity contribution < 1.29 is 28.6 Å². The Kier molecular flexibility index (Phi) is 46.8. The van der Waals surface area contributed by atoms with Gasteiger partial charge < -0.3 is 14.2 Å². The summed E-state index contributed by atoms with van der Waals surface area (Å²) in [6.45, 7) is 6.62. The molecule has 0 radical (unpaired) electrons. The Hall–Kier alpha value is -2.11. The number of unbranched alkanes of at least 4 members (excludes halogenated alkanes) is 32. The second-order valence-corrected chi connectivity index (χ2v) is 17.4. The van der Waals surface area contributed by atoms with E-state index in [0.717, 1.165) is 64.2 Å². The summed E-state index contributed by atoms with van der Waals surface area (Å²) in [5.41, 5.74) is 0. The molecule has 0 aromatic heterocycles. The van der Waals surface area contributed by atoms with Crippen molar-refractivity contribution in [3.05, 3.63) is 24.3 Å². The minimum Gasteiger partial charge on any atom is -0.462 e. The summed E-state index contributed by atoms with van der Waals surface area (Å²) in [5, 5.41) is 0. The van der Waals surface area contributed by atoms with Crippen LogP contribution < -0.4 is 0 Å². The number of ether oxygens (including phenoxy) is 3. The minimum atomic E-state index is -0.765. The SMILES string of the molecule is CCCCC/C=C\C/C=C\CCCCCCCCCCCC(=O)OCC(COC(=O)CCCCCCCCCCCC)OC(=O)CCCCCCCCCCCCCC. The Balaban J connectivity index is 4.27. The molecule has 0 N–H and O–H groups in total. The molecule has 0 amide bonds. The molecule has 6 heteroatoms. The zero-order chi connectivity index (χ0) is 43.0. The number of hydrogen-bond acceptors (Lipinski definition) is 6. The van der Waals surface area contributed by atoms with E-state index in [1.807, 2.05) is 0 Å². The molecule has 0 saturated heterocycles. The van der Waals surface area contributed by atoms with E-state index in [1.54, 1.807) is 0 Å². The molecule has 0 aliphatic rings. The Labute approximate surface area is 366 Å². The molecular weight excluding hydrogens is 733 g/mol. The largest absolute Gasteiger partial charge is 0.462 e. The van der Waals surface area contributed by atoms with Crippen molar-refractivity contribution in [2.45, 2.75) is 284 Å². The number of carbonyl (C=O) groups excluding carboxylic acids is 3. The summed E-state index contributed by atoms with van der Waals surface area (Å²) in [5.74, 6) is -0.861. The molecule has 0 rings (SSSR count). The summed E-state index contributed by atoms with van der Waals surface area (Å²) in [6.07, 6.45) is 54.4. The molecule has 1 atom stereocenters. The number of allylic oxidation sites excluding steroid dienone is 4. The van der Waals surface area contributed by atoms with Gasteiger partial charge in [0.15, 0.2) is 6.10 Å². The van der Waals surface area contributed by atoms with E-state index in [-0.39, 0.29) is 31.1 Å². The first-order chi connectivity index (χ1) is 29.0. The van der Waals surface area contributed by atoms with Gasteiger partial charge in [-0.2, -0.15) is 0 Å². The van der Waals surface area contributed by atoms with Gasteiger partial charge in [-0.1, -0.05) is 231 Å². The lowest BCUT2D eigenvalue weighted by Crippen LogP contribution is -2.30. The topological polar surface area (TPSA) is 78.9 Å². The molecule has 0 saturated carbocycles. The normalized spacial score (nSPS) is 12.1. The summed E-state index contributed by atoms with van der Waals surface area (Å²) in [4.78, 5) is 37.9. The quantitative estimate of drug-likeness (QED) is 0.0263. The number of esters is 3. The van der Waals surface area contributed by atoms with Gasteiger partial charge >= 0.3 is 17.9 Å². The predicted octanol–water partition coefficient (Wildman–Crippen LogP) is 16.8. The van der Waals surface area contributed by atoms with Gasteiger partial charge in [0, 0.05) is 19.3 Å². The molecule has 1 unspecified atom stereocenters. The van der Waals surface area contributed by atoms with Crippen molar-refractivity contribution in [3.63, 3.8) is 0 Å². The van der Waals surface area contributed by atoms with Gasteiger partial charge in [-0.3, -0.25) is 14.4 Å². The van der Waals surface area contributed by atoms with Gasteiger partial charge in [-0.25, -0.2) is 0 Å². The van der Waals surface area contributed by atoms with E-state index in [9.17, 15) is 14.4 Å². The van der Waals surface area contributed by atoms with Crippen LogP contribution in [0.1, 0.15) is 278 Å². The molecule has 0 aromatic carbocycles. The molecular formula is C53H98O6. The molecule has 346 valence electrons. The lowest BCUT2D eigenvalue weighted by molar-refractivity contribution is -0.167. The van der Waals surface area contributed by atoms with Crippen molar-refractivity contribution in [1.29, 1.82) is 0 Å². The smallest absolute Gasteiger partial charge is 0.306 e. The van der Waals surface area contributed by atoms with Crippen LogP contribution in [0.25, 0.3) is 0 Å². The van der Waals surface area contributed by atoms with Crippen molar-refractivity contribution in [1.82, 2.24) is 0 Å². The molecule has 6 nitrogen and oxygen atoms in total. The summed E-state index contributed by atoms with van der Waals surface area (Å²) < 4.78 is 16.8. The monoisotopic (exact) mass is 831 g/mol. The van der Waals surface area contributed by atoms with E-state index in [1.165, 1.54) is 173 Å². The fourth-order valence-corrected chi connectivity index (χ4v) is 7.53. The van der Waals surface area contributed by atoms with Crippen LogP contribution in [0.2, 0.25) is 0 Å². The highest BCUT2D eigenvalue weighted by Crippen LogP contribution is 2.16. The van der Waals surface area contributed by atoms with Gasteiger partial charge in [0.2, 0.25) is 0 Å². The summed E-state index contributed by atoms with van der Waals surface area (Å²) >= 11 is 0. The van der Waals surface area contributed by atoms with Crippen LogP contribution in [-0.4, -0.2) is 37.2 Å². The maximum atomic E-state index is 12.7. The molecule has 0 aliphatic heterocycles. The first-order valence-electron chi connectivity index (χ1n) is 25.8. The van der Waals surface area contributed by atoms with E-state index >= 15 is 0 Å². The van der Waals surface area contributed by atoms with E-state index in [4.69, 9.17) is 14.2 Å². The second kappa shape index (κ2) is 48.6. The van der Waals surface area contributed by atoms with Crippen LogP contribution >= 0.6 is 0 Å².